The van der Waals surface area contributed by atoms with Crippen molar-refractivity contribution >= 4 is 17.2 Å². The van der Waals surface area contributed by atoms with Gasteiger partial charge in [-0.15, -0.1) is 11.3 Å². The van der Waals surface area contributed by atoms with Gasteiger partial charge in [0.25, 0.3) is 5.91 Å². The van der Waals surface area contributed by atoms with Crippen molar-refractivity contribution < 1.29 is 4.79 Å². The summed E-state index contributed by atoms with van der Waals surface area (Å²) in [7, 11) is 0. The van der Waals surface area contributed by atoms with E-state index in [1.54, 1.807) is 11.3 Å². The summed E-state index contributed by atoms with van der Waals surface area (Å²) in [4.78, 5) is 14.7. The molecule has 1 aromatic rings. The van der Waals surface area contributed by atoms with Gasteiger partial charge in [0.1, 0.15) is 0 Å². The number of hydrogen-bond donors (Lipinski definition) is 2. The van der Waals surface area contributed by atoms with E-state index in [2.05, 4.69) is 30.5 Å². The third-order valence-corrected chi connectivity index (χ3v) is 5.65. The van der Waals surface area contributed by atoms with Crippen molar-refractivity contribution in [2.24, 2.45) is 5.41 Å². The van der Waals surface area contributed by atoms with Crippen LogP contribution in [0.25, 0.3) is 0 Å². The number of carbonyl (C=O) groups excluding carboxylic acids is 1. The number of fused-ring (bicyclic) bond motifs is 1. The van der Waals surface area contributed by atoms with Gasteiger partial charge in [-0.05, 0) is 49.3 Å². The van der Waals surface area contributed by atoms with E-state index >= 15 is 0 Å². The summed E-state index contributed by atoms with van der Waals surface area (Å²) in [5, 5.41) is 6.65. The van der Waals surface area contributed by atoms with E-state index < -0.39 is 0 Å². The summed E-state index contributed by atoms with van der Waals surface area (Å²) in [6.45, 7) is 6.41. The number of amides is 1. The minimum atomic E-state index is 0.124. The second kappa shape index (κ2) is 4.91. The number of aryl methyl sites for hydroxylation is 2. The lowest BCUT2D eigenvalue weighted by atomic mass is 9.80. The molecule has 1 saturated heterocycles. The van der Waals surface area contributed by atoms with Gasteiger partial charge in [0, 0.05) is 17.5 Å². The standard InChI is InChI=1S/C15H22N2OS/c1-15(2)9-16-7-6-13(15)17-14(18)12-8-10-4-3-5-11(10)19-12/h8,13,16H,3-7,9H2,1-2H3,(H,17,18). The Kier molecular flexibility index (Phi) is 3.39. The Hall–Kier alpha value is -0.870. The summed E-state index contributed by atoms with van der Waals surface area (Å²) >= 11 is 1.69. The van der Waals surface area contributed by atoms with E-state index in [4.69, 9.17) is 0 Å². The highest BCUT2D eigenvalue weighted by molar-refractivity contribution is 7.14. The number of carbonyl (C=O) groups is 1. The summed E-state index contributed by atoms with van der Waals surface area (Å²) in [6, 6.07) is 2.38. The molecule has 104 valence electrons. The highest BCUT2D eigenvalue weighted by atomic mass is 32.1. The highest BCUT2D eigenvalue weighted by Crippen LogP contribution is 2.31. The normalized spacial score (nSPS) is 25.1. The van der Waals surface area contributed by atoms with Gasteiger partial charge in [0.2, 0.25) is 0 Å². The van der Waals surface area contributed by atoms with Crippen LogP contribution in [-0.4, -0.2) is 25.0 Å². The second-order valence-electron chi connectivity index (χ2n) is 6.39. The largest absolute Gasteiger partial charge is 0.348 e. The van der Waals surface area contributed by atoms with Crippen LogP contribution in [0, 0.1) is 5.41 Å². The van der Waals surface area contributed by atoms with Crippen molar-refractivity contribution in [1.82, 2.24) is 10.6 Å². The van der Waals surface area contributed by atoms with Gasteiger partial charge in [0.05, 0.1) is 4.88 Å². The van der Waals surface area contributed by atoms with Crippen LogP contribution in [0.15, 0.2) is 6.07 Å². The van der Waals surface area contributed by atoms with Gasteiger partial charge in [-0.3, -0.25) is 4.79 Å². The second-order valence-corrected chi connectivity index (χ2v) is 7.53. The van der Waals surface area contributed by atoms with Crippen molar-refractivity contribution in [1.29, 1.82) is 0 Å². The molecule has 2 aliphatic rings. The minimum absolute atomic E-state index is 0.124. The summed E-state index contributed by atoms with van der Waals surface area (Å²) < 4.78 is 0. The SMILES string of the molecule is CC1(C)CNCCC1NC(=O)c1cc2c(s1)CCC2. The van der Waals surface area contributed by atoms with Crippen molar-refractivity contribution in [3.63, 3.8) is 0 Å². The maximum Gasteiger partial charge on any atom is 0.261 e. The first-order valence-electron chi connectivity index (χ1n) is 7.19. The average molecular weight is 278 g/mol. The van der Waals surface area contributed by atoms with Gasteiger partial charge in [-0.2, -0.15) is 0 Å². The lowest BCUT2D eigenvalue weighted by Gasteiger charge is -2.39. The Labute approximate surface area is 118 Å². The number of thiophene rings is 1. The molecule has 4 heteroatoms. The summed E-state index contributed by atoms with van der Waals surface area (Å²) in [6.07, 6.45) is 4.58. The van der Waals surface area contributed by atoms with Crippen LogP contribution in [0.5, 0.6) is 0 Å². The van der Waals surface area contributed by atoms with Crippen LogP contribution in [-0.2, 0) is 12.8 Å². The molecule has 2 N–H and O–H groups in total. The maximum absolute atomic E-state index is 12.4. The molecule has 0 radical (unpaired) electrons. The quantitative estimate of drug-likeness (QED) is 0.872. The Morgan fingerprint density at radius 2 is 2.32 bits per heavy atom. The number of rotatable bonds is 2. The van der Waals surface area contributed by atoms with Crippen LogP contribution in [0.2, 0.25) is 0 Å². The molecule has 0 aromatic carbocycles. The van der Waals surface area contributed by atoms with Crippen LogP contribution in [0.1, 0.15) is 46.8 Å². The number of piperidine rings is 1. The van der Waals surface area contributed by atoms with Crippen LogP contribution >= 0.6 is 11.3 Å². The zero-order chi connectivity index (χ0) is 13.5. The van der Waals surface area contributed by atoms with Gasteiger partial charge in [-0.25, -0.2) is 0 Å². The molecule has 1 amide bonds. The van der Waals surface area contributed by atoms with Crippen molar-refractivity contribution in [3.8, 4) is 0 Å². The Morgan fingerprint density at radius 1 is 1.47 bits per heavy atom. The molecule has 0 spiro atoms. The molecule has 3 nitrogen and oxygen atoms in total. The van der Waals surface area contributed by atoms with Crippen molar-refractivity contribution in [2.75, 3.05) is 13.1 Å². The molecular weight excluding hydrogens is 256 g/mol. The van der Waals surface area contributed by atoms with Gasteiger partial charge < -0.3 is 10.6 Å². The van der Waals surface area contributed by atoms with Crippen molar-refractivity contribution in [2.45, 2.75) is 45.6 Å². The Morgan fingerprint density at radius 3 is 3.05 bits per heavy atom. The fourth-order valence-corrected chi connectivity index (χ4v) is 4.27. The van der Waals surface area contributed by atoms with E-state index in [1.807, 2.05) is 0 Å². The zero-order valence-corrected chi connectivity index (χ0v) is 12.5. The Bertz CT molecular complexity index is 471. The molecule has 2 heterocycles. The highest BCUT2D eigenvalue weighted by Gasteiger charge is 2.33. The van der Waals surface area contributed by atoms with Crippen LogP contribution < -0.4 is 10.6 Å². The summed E-state index contributed by atoms with van der Waals surface area (Å²) in [5.41, 5.74) is 1.54. The third-order valence-electron chi connectivity index (χ3n) is 4.41. The molecular formula is C15H22N2OS. The first-order valence-corrected chi connectivity index (χ1v) is 8.01. The molecule has 0 saturated carbocycles. The van der Waals surface area contributed by atoms with E-state index in [-0.39, 0.29) is 17.4 Å². The molecule has 1 atom stereocenters. The lowest BCUT2D eigenvalue weighted by Crippen LogP contribution is -2.54. The molecule has 1 fully saturated rings. The molecule has 1 unspecified atom stereocenters. The molecule has 0 bridgehead atoms. The number of nitrogens with one attached hydrogen (secondary N) is 2. The fourth-order valence-electron chi connectivity index (χ4n) is 3.11. The predicted octanol–water partition coefficient (Wildman–Crippen LogP) is 2.35. The monoisotopic (exact) mass is 278 g/mol. The average Bonchev–Trinajstić information content (AvgIpc) is 2.91. The minimum Gasteiger partial charge on any atom is -0.348 e. The third kappa shape index (κ3) is 2.56. The topological polar surface area (TPSA) is 41.1 Å². The van der Waals surface area contributed by atoms with Crippen LogP contribution in [0.3, 0.4) is 0 Å². The lowest BCUT2D eigenvalue weighted by molar-refractivity contribution is 0.0872. The van der Waals surface area contributed by atoms with Gasteiger partial charge in [0.15, 0.2) is 0 Å². The number of hydrogen-bond acceptors (Lipinski definition) is 3. The smallest absolute Gasteiger partial charge is 0.261 e. The molecule has 19 heavy (non-hydrogen) atoms. The maximum atomic E-state index is 12.4. The van der Waals surface area contributed by atoms with E-state index in [0.29, 0.717) is 0 Å². The Balaban J connectivity index is 1.70. The first kappa shape index (κ1) is 13.1. The van der Waals surface area contributed by atoms with E-state index in [9.17, 15) is 4.79 Å². The molecule has 1 aliphatic heterocycles. The predicted molar refractivity (Wildman–Crippen MR) is 78.9 cm³/mol. The van der Waals surface area contributed by atoms with Gasteiger partial charge >= 0.3 is 0 Å². The first-order chi connectivity index (χ1) is 9.06. The molecule has 3 rings (SSSR count). The zero-order valence-electron chi connectivity index (χ0n) is 11.7. The summed E-state index contributed by atoms with van der Waals surface area (Å²) in [5.74, 6) is 0.124. The van der Waals surface area contributed by atoms with Crippen LogP contribution in [0.4, 0.5) is 0 Å². The fraction of sp³-hybridized carbons (Fsp3) is 0.667. The van der Waals surface area contributed by atoms with E-state index in [0.717, 1.165) is 37.2 Å². The molecule has 1 aromatic heterocycles. The van der Waals surface area contributed by atoms with Gasteiger partial charge in [-0.1, -0.05) is 13.8 Å². The van der Waals surface area contributed by atoms with Crippen molar-refractivity contribution in [3.05, 3.63) is 21.4 Å². The van der Waals surface area contributed by atoms with E-state index in [1.165, 1.54) is 16.9 Å². The molecule has 1 aliphatic carbocycles.